The molecule has 7 heavy (non-hydrogen) atoms. The number of nitrogens with zero attached hydrogens (tertiary/aromatic N) is 1. The molecule has 0 amide bonds. The Morgan fingerprint density at radius 2 is 2.43 bits per heavy atom. The lowest BCUT2D eigenvalue weighted by Crippen LogP contribution is -1.85. The van der Waals surface area contributed by atoms with Crippen LogP contribution >= 0.6 is 0 Å². The zero-order chi connectivity index (χ0) is 5.86. The lowest BCUT2D eigenvalue weighted by molar-refractivity contribution is 1.21. The van der Waals surface area contributed by atoms with Crippen LogP contribution in [0.5, 0.6) is 0 Å². The first-order chi connectivity index (χ1) is 3.18. The molecule has 0 aliphatic heterocycles. The Balaban J connectivity index is 3.63. The zero-order valence-electron chi connectivity index (χ0n) is 4.73. The number of hydrogen-bond donors (Lipinski definition) is 0. The van der Waals surface area contributed by atoms with Crippen LogP contribution < -0.4 is 0 Å². The van der Waals surface area contributed by atoms with Crippen LogP contribution in [0.4, 0.5) is 0 Å². The van der Waals surface area contributed by atoms with Crippen LogP contribution in [0.3, 0.4) is 0 Å². The van der Waals surface area contributed by atoms with Gasteiger partial charge in [0.2, 0.25) is 0 Å². The lowest BCUT2D eigenvalue weighted by Gasteiger charge is -1.94. The van der Waals surface area contributed by atoms with Crippen LogP contribution in [0.2, 0.25) is 5.82 Å². The van der Waals surface area contributed by atoms with Crippen molar-refractivity contribution >= 4 is 7.85 Å². The molecule has 1 atom stereocenters. The van der Waals surface area contributed by atoms with Crippen molar-refractivity contribution in [3.05, 3.63) is 12.2 Å². The van der Waals surface area contributed by atoms with Crippen molar-refractivity contribution < 1.29 is 0 Å². The first-order valence-electron chi connectivity index (χ1n) is 2.23. The molecule has 0 spiro atoms. The van der Waals surface area contributed by atoms with Gasteiger partial charge >= 0.3 is 0 Å². The van der Waals surface area contributed by atoms with E-state index in [4.69, 9.17) is 5.26 Å². The maximum atomic E-state index is 8.19. The van der Waals surface area contributed by atoms with Crippen molar-refractivity contribution in [2.24, 2.45) is 0 Å². The first-order valence-corrected chi connectivity index (χ1v) is 2.23. The molecule has 0 bridgehead atoms. The minimum absolute atomic E-state index is 0.0139. The Morgan fingerprint density at radius 1 is 2.00 bits per heavy atom. The van der Waals surface area contributed by atoms with E-state index < -0.39 is 0 Å². The number of rotatable bonds is 1. The van der Waals surface area contributed by atoms with Gasteiger partial charge in [-0.15, -0.1) is 0 Å². The maximum Gasteiger partial charge on any atom is 0.129 e. The molecule has 1 nitrogen and oxygen atoms in total. The minimum atomic E-state index is 0.0139. The van der Waals surface area contributed by atoms with Gasteiger partial charge < -0.3 is 0 Å². The third-order valence-electron chi connectivity index (χ3n) is 0.933. The Kier molecular flexibility index (Phi) is 2.22. The van der Waals surface area contributed by atoms with Gasteiger partial charge in [-0.1, -0.05) is 12.2 Å². The van der Waals surface area contributed by atoms with E-state index in [2.05, 4.69) is 12.6 Å². The highest BCUT2D eigenvalue weighted by molar-refractivity contribution is 6.15. The van der Waals surface area contributed by atoms with Crippen molar-refractivity contribution in [1.82, 2.24) is 0 Å². The second-order valence-electron chi connectivity index (χ2n) is 1.70. The summed E-state index contributed by atoms with van der Waals surface area (Å²) in [6, 6.07) is 2.06. The van der Waals surface area contributed by atoms with Crippen LogP contribution in [0.25, 0.3) is 0 Å². The fraction of sp³-hybridized carbons (Fsp3) is 0.400. The van der Waals surface area contributed by atoms with Crippen LogP contribution in [0.1, 0.15) is 6.92 Å². The average Bonchev–Trinajstić information content (AvgIpc) is 1.65. The molecular formula is C5H8BN. The summed E-state index contributed by atoms with van der Waals surface area (Å²) in [4.78, 5) is 0. The second-order valence-corrected chi connectivity index (χ2v) is 1.70. The molecular weight excluding hydrogens is 84.9 g/mol. The molecule has 0 fully saturated rings. The summed E-state index contributed by atoms with van der Waals surface area (Å²) in [6.45, 7) is 5.46. The average molecular weight is 92.9 g/mol. The summed E-state index contributed by atoms with van der Waals surface area (Å²) in [7, 11) is 1.84. The quantitative estimate of drug-likeness (QED) is 0.342. The summed E-state index contributed by atoms with van der Waals surface area (Å²) in [5.74, 6) is 0.0139. The monoisotopic (exact) mass is 93.1 g/mol. The van der Waals surface area contributed by atoms with Crippen LogP contribution in [-0.2, 0) is 0 Å². The van der Waals surface area contributed by atoms with E-state index in [1.54, 1.807) is 0 Å². The molecule has 0 saturated carbocycles. The van der Waals surface area contributed by atoms with Crippen molar-refractivity contribution in [3.8, 4) is 6.07 Å². The predicted octanol–water partition coefficient (Wildman–Crippen LogP) is 0.508. The largest absolute Gasteiger partial charge is 0.199 e. The van der Waals surface area contributed by atoms with Crippen LogP contribution in [0, 0.1) is 11.3 Å². The molecule has 1 unspecified atom stereocenters. The van der Waals surface area contributed by atoms with Gasteiger partial charge in [0.05, 0.1) is 6.07 Å². The number of nitriles is 1. The number of hydrogen-bond acceptors (Lipinski definition) is 1. The summed E-state index contributed by atoms with van der Waals surface area (Å²) >= 11 is 0. The van der Waals surface area contributed by atoms with E-state index >= 15 is 0 Å². The smallest absolute Gasteiger partial charge is 0.129 e. The highest BCUT2D eigenvalue weighted by Gasteiger charge is 1.95. The molecule has 2 heteroatoms. The summed E-state index contributed by atoms with van der Waals surface area (Å²) in [5.41, 5.74) is 0.933. The van der Waals surface area contributed by atoms with E-state index in [0.29, 0.717) is 0 Å². The van der Waals surface area contributed by atoms with Crippen molar-refractivity contribution in [2.75, 3.05) is 0 Å². The molecule has 0 aromatic heterocycles. The third kappa shape index (κ3) is 2.05. The molecule has 0 heterocycles. The highest BCUT2D eigenvalue weighted by Crippen LogP contribution is 2.06. The molecule has 0 rings (SSSR count). The topological polar surface area (TPSA) is 23.8 Å². The molecule has 36 valence electrons. The first kappa shape index (κ1) is 6.29. The molecule has 0 aromatic carbocycles. The van der Waals surface area contributed by atoms with Crippen molar-refractivity contribution in [2.45, 2.75) is 12.7 Å². The normalized spacial score (nSPS) is 12.0. The van der Waals surface area contributed by atoms with Gasteiger partial charge in [-0.05, 0) is 6.92 Å². The Hall–Kier alpha value is -0.705. The van der Waals surface area contributed by atoms with E-state index in [1.807, 2.05) is 14.8 Å². The van der Waals surface area contributed by atoms with Crippen molar-refractivity contribution in [3.63, 3.8) is 0 Å². The number of allylic oxidation sites excluding steroid dienone is 1. The SMILES string of the molecule is BC(C#N)C(=C)C. The van der Waals surface area contributed by atoms with Gasteiger partial charge in [0.15, 0.2) is 0 Å². The summed E-state index contributed by atoms with van der Waals surface area (Å²) < 4.78 is 0. The van der Waals surface area contributed by atoms with E-state index in [9.17, 15) is 0 Å². The van der Waals surface area contributed by atoms with Crippen molar-refractivity contribution in [1.29, 1.82) is 5.26 Å². The standard InChI is InChI=1S/C5H8BN/c1-4(2)5(6)3-7/h5H,1,6H2,2H3. The summed E-state index contributed by atoms with van der Waals surface area (Å²) in [5, 5.41) is 8.19. The predicted molar refractivity (Wildman–Crippen MR) is 32.7 cm³/mol. The van der Waals surface area contributed by atoms with Gasteiger partial charge in [0.25, 0.3) is 0 Å². The van der Waals surface area contributed by atoms with E-state index in [0.717, 1.165) is 5.57 Å². The highest BCUT2D eigenvalue weighted by atomic mass is 14.2. The van der Waals surface area contributed by atoms with E-state index in [1.165, 1.54) is 0 Å². The molecule has 0 aromatic rings. The fourth-order valence-corrected chi connectivity index (χ4v) is 0.110. The van der Waals surface area contributed by atoms with Gasteiger partial charge in [0.1, 0.15) is 7.85 Å². The Morgan fingerprint density at radius 3 is 2.43 bits per heavy atom. The molecule has 0 radical (unpaired) electrons. The molecule has 0 N–H and O–H groups in total. The van der Waals surface area contributed by atoms with Gasteiger partial charge in [0, 0.05) is 5.82 Å². The lowest BCUT2D eigenvalue weighted by atomic mass is 9.84. The molecule has 0 aliphatic carbocycles. The second kappa shape index (κ2) is 2.46. The fourth-order valence-electron chi connectivity index (χ4n) is 0.110. The van der Waals surface area contributed by atoms with Gasteiger partial charge in [-0.25, -0.2) is 0 Å². The third-order valence-corrected chi connectivity index (χ3v) is 0.933. The van der Waals surface area contributed by atoms with E-state index in [-0.39, 0.29) is 5.82 Å². The van der Waals surface area contributed by atoms with Gasteiger partial charge in [-0.3, -0.25) is 0 Å². The maximum absolute atomic E-state index is 8.19. The van der Waals surface area contributed by atoms with Crippen LogP contribution in [-0.4, -0.2) is 7.85 Å². The molecule has 0 aliphatic rings. The van der Waals surface area contributed by atoms with Gasteiger partial charge in [-0.2, -0.15) is 5.26 Å². The molecule has 0 saturated heterocycles. The Labute approximate surface area is 45.1 Å². The van der Waals surface area contributed by atoms with Crippen LogP contribution in [0.15, 0.2) is 12.2 Å². The Bertz CT molecular complexity index is 112. The zero-order valence-corrected chi connectivity index (χ0v) is 4.73. The summed E-state index contributed by atoms with van der Waals surface area (Å²) in [6.07, 6.45) is 0. The minimum Gasteiger partial charge on any atom is -0.199 e.